The molecule has 2 aliphatic heterocycles. The molecule has 0 radical (unpaired) electrons. The van der Waals surface area contributed by atoms with Gasteiger partial charge in [-0.2, -0.15) is 0 Å². The van der Waals surface area contributed by atoms with E-state index in [1.165, 1.54) is 7.57 Å². The van der Waals surface area contributed by atoms with E-state index in [-0.39, 0.29) is 18.0 Å². The summed E-state index contributed by atoms with van der Waals surface area (Å²) in [5.41, 5.74) is -0.510. The van der Waals surface area contributed by atoms with Crippen LogP contribution in [0.2, 0.25) is 0 Å². The first-order chi connectivity index (χ1) is 7.40. The number of hydrogen-bond acceptors (Lipinski definition) is 5. The van der Waals surface area contributed by atoms with Crippen LogP contribution in [0.4, 0.5) is 0 Å². The van der Waals surface area contributed by atoms with Gasteiger partial charge >= 0.3 is 0 Å². The van der Waals surface area contributed by atoms with Gasteiger partial charge in [-0.1, -0.05) is 6.92 Å². The molecule has 16 heavy (non-hydrogen) atoms. The average Bonchev–Trinajstić information content (AvgIpc) is 2.45. The summed E-state index contributed by atoms with van der Waals surface area (Å²) in [4.78, 5) is 0. The highest BCUT2D eigenvalue weighted by molar-refractivity contribution is 7.79. The van der Waals surface area contributed by atoms with Gasteiger partial charge in [-0.15, -0.1) is 0 Å². The highest BCUT2D eigenvalue weighted by atomic mass is 31.2. The Morgan fingerprint density at radius 2 is 2.00 bits per heavy atom. The molecule has 0 aromatic heterocycles. The molecule has 0 amide bonds. The van der Waals surface area contributed by atoms with E-state index in [1.54, 1.807) is 7.11 Å². The van der Waals surface area contributed by atoms with E-state index in [0.29, 0.717) is 13.2 Å². The van der Waals surface area contributed by atoms with Gasteiger partial charge in [0.25, 0.3) is 15.0 Å². The summed E-state index contributed by atoms with van der Waals surface area (Å²) in [6, 6.07) is 0.00143. The molecular formula is C8H17B2O5P. The second-order valence-electron chi connectivity index (χ2n) is 4.69. The van der Waals surface area contributed by atoms with Crippen molar-refractivity contribution in [2.45, 2.75) is 24.6 Å². The summed E-state index contributed by atoms with van der Waals surface area (Å²) in [5.74, 6) is 0.160. The van der Waals surface area contributed by atoms with E-state index in [4.69, 9.17) is 18.5 Å². The maximum Gasteiger partial charge on any atom is 0.270 e. The summed E-state index contributed by atoms with van der Waals surface area (Å²) in [6.07, 6.45) is 0.0292. The average molecular weight is 246 g/mol. The van der Waals surface area contributed by atoms with Crippen LogP contribution in [0.25, 0.3) is 0 Å². The first-order valence-electron chi connectivity index (χ1n) is 5.47. The molecule has 1 spiro atoms. The number of ether oxygens (including phenoxy) is 2. The van der Waals surface area contributed by atoms with Crippen LogP contribution in [0.3, 0.4) is 0 Å². The van der Waals surface area contributed by atoms with Crippen LogP contribution in [0, 0.1) is 5.92 Å². The molecule has 3 atom stereocenters. The second kappa shape index (κ2) is 4.14. The Morgan fingerprint density at radius 1 is 1.44 bits per heavy atom. The van der Waals surface area contributed by atoms with Crippen molar-refractivity contribution in [3.63, 3.8) is 0 Å². The Bertz CT molecular complexity index is 314. The second-order valence-corrected chi connectivity index (χ2v) is 6.75. The van der Waals surface area contributed by atoms with E-state index >= 15 is 0 Å². The lowest BCUT2D eigenvalue weighted by Crippen LogP contribution is -2.48. The van der Waals surface area contributed by atoms with Gasteiger partial charge in [-0.3, -0.25) is 4.57 Å². The highest BCUT2D eigenvalue weighted by Crippen LogP contribution is 2.52. The zero-order chi connectivity index (χ0) is 12.0. The molecule has 90 valence electrons. The van der Waals surface area contributed by atoms with Crippen molar-refractivity contribution in [1.29, 1.82) is 0 Å². The monoisotopic (exact) mass is 246 g/mol. The van der Waals surface area contributed by atoms with Crippen LogP contribution in [-0.2, 0) is 23.1 Å². The van der Waals surface area contributed by atoms with Crippen molar-refractivity contribution in [2.24, 2.45) is 5.92 Å². The predicted octanol–water partition coefficient (Wildman–Crippen LogP) is -0.846. The zero-order valence-corrected chi connectivity index (χ0v) is 11.0. The van der Waals surface area contributed by atoms with Crippen LogP contribution < -0.4 is 0 Å². The Morgan fingerprint density at radius 3 is 2.44 bits per heavy atom. The molecule has 2 saturated heterocycles. The van der Waals surface area contributed by atoms with Gasteiger partial charge in [0.2, 0.25) is 0 Å². The molecule has 1 unspecified atom stereocenters. The van der Waals surface area contributed by atoms with Crippen LogP contribution in [-0.4, -0.2) is 53.4 Å². The third kappa shape index (κ3) is 2.00. The molecule has 0 saturated carbocycles. The van der Waals surface area contributed by atoms with Crippen molar-refractivity contribution >= 4 is 22.9 Å². The van der Waals surface area contributed by atoms with Crippen molar-refractivity contribution in [1.82, 2.24) is 0 Å². The number of methoxy groups -OCH3 is 1. The van der Waals surface area contributed by atoms with Gasteiger partial charge in [0.1, 0.15) is 13.4 Å². The first-order valence-corrected chi connectivity index (χ1v) is 7.46. The van der Waals surface area contributed by atoms with Crippen molar-refractivity contribution in [2.75, 3.05) is 20.3 Å². The van der Waals surface area contributed by atoms with E-state index in [2.05, 4.69) is 6.92 Å². The largest absolute Gasteiger partial charge is 0.379 e. The summed E-state index contributed by atoms with van der Waals surface area (Å²) in [5, 5.41) is 0. The van der Waals surface area contributed by atoms with Gasteiger partial charge < -0.3 is 18.5 Å². The van der Waals surface area contributed by atoms with E-state index in [9.17, 15) is 4.57 Å². The van der Waals surface area contributed by atoms with Crippen molar-refractivity contribution in [3.05, 3.63) is 0 Å². The number of rotatable bonds is 1. The lowest BCUT2D eigenvalue weighted by molar-refractivity contribution is -0.110. The number of hydrogen-bond donors (Lipinski definition) is 0. The minimum Gasteiger partial charge on any atom is -0.379 e. The fraction of sp³-hybridized carbons (Fsp3) is 1.00. The maximum absolute atomic E-state index is 11.6. The Hall–Kier alpha value is 0.200. The first kappa shape index (κ1) is 12.7. The molecular weight excluding hydrogens is 229 g/mol. The van der Waals surface area contributed by atoms with Crippen LogP contribution >= 0.6 is 7.47 Å². The SMILES string of the molecule is B[C@@H]1OC2(COP(B)(=O)OC2)[C@H](C)C1OC. The molecule has 0 N–H and O–H groups in total. The lowest BCUT2D eigenvalue weighted by atomic mass is 9.83. The van der Waals surface area contributed by atoms with E-state index in [1.807, 2.05) is 7.85 Å². The van der Waals surface area contributed by atoms with E-state index < -0.39 is 13.1 Å². The lowest BCUT2D eigenvalue weighted by Gasteiger charge is -2.38. The van der Waals surface area contributed by atoms with Crippen LogP contribution in [0.15, 0.2) is 0 Å². The van der Waals surface area contributed by atoms with Crippen molar-refractivity contribution < 1.29 is 23.1 Å². The third-order valence-electron chi connectivity index (χ3n) is 3.56. The Balaban J connectivity index is 2.13. The fourth-order valence-corrected chi connectivity index (χ4v) is 3.49. The maximum atomic E-state index is 11.6. The predicted molar refractivity (Wildman–Crippen MR) is 64.2 cm³/mol. The smallest absolute Gasteiger partial charge is 0.270 e. The molecule has 0 aromatic carbocycles. The van der Waals surface area contributed by atoms with Gasteiger partial charge in [0, 0.05) is 13.0 Å². The highest BCUT2D eigenvalue weighted by Gasteiger charge is 2.54. The third-order valence-corrected chi connectivity index (χ3v) is 4.76. The minimum atomic E-state index is -2.86. The summed E-state index contributed by atoms with van der Waals surface area (Å²) in [7, 11) is 2.27. The van der Waals surface area contributed by atoms with Crippen LogP contribution in [0.5, 0.6) is 0 Å². The molecule has 2 aliphatic rings. The zero-order valence-electron chi connectivity index (χ0n) is 10.1. The minimum absolute atomic E-state index is 0.00143. The van der Waals surface area contributed by atoms with Crippen molar-refractivity contribution in [3.8, 4) is 0 Å². The quantitative estimate of drug-likeness (QED) is 0.445. The Labute approximate surface area is 97.5 Å². The van der Waals surface area contributed by atoms with Gasteiger partial charge in [-0.25, -0.2) is 0 Å². The topological polar surface area (TPSA) is 54.0 Å². The van der Waals surface area contributed by atoms with Gasteiger partial charge in [0.15, 0.2) is 0 Å². The molecule has 0 bridgehead atoms. The molecule has 5 nitrogen and oxygen atoms in total. The normalized spacial score (nSPS) is 53.2. The molecule has 2 fully saturated rings. The Kier molecular flexibility index (Phi) is 3.28. The van der Waals surface area contributed by atoms with Crippen LogP contribution in [0.1, 0.15) is 6.92 Å². The summed E-state index contributed by atoms with van der Waals surface area (Å²) >= 11 is 0. The molecule has 0 aliphatic carbocycles. The van der Waals surface area contributed by atoms with E-state index in [0.717, 1.165) is 0 Å². The fourth-order valence-electron chi connectivity index (χ4n) is 2.51. The molecule has 0 aromatic rings. The van der Waals surface area contributed by atoms with Gasteiger partial charge in [-0.05, 0) is 0 Å². The molecule has 8 heteroatoms. The standard InChI is InChI=1S/C8H17B2O5P/c1-5-6(12-2)7(9)15-8(5)3-13-16(10,11)14-4-8/h5-7H,3-4,9-10H2,1-2H3/t5-,6?,7-,8?,16?/m1/s1. The molecule has 2 rings (SSSR count). The summed E-state index contributed by atoms with van der Waals surface area (Å²) < 4.78 is 33.4. The molecule has 2 heterocycles. The summed E-state index contributed by atoms with van der Waals surface area (Å²) in [6.45, 7) is 2.68. The van der Waals surface area contributed by atoms with Gasteiger partial charge in [0.05, 0.1) is 25.3 Å².